The molecule has 1 amide bonds. The molecule has 8 heteroatoms. The minimum atomic E-state index is -0.510. The lowest BCUT2D eigenvalue weighted by molar-refractivity contribution is -0.384. The van der Waals surface area contributed by atoms with Crippen LogP contribution in [0.15, 0.2) is 18.5 Å². The zero-order valence-electron chi connectivity index (χ0n) is 11.2. The molecule has 0 bridgehead atoms. The van der Waals surface area contributed by atoms with Gasteiger partial charge in [0.1, 0.15) is 11.5 Å². The lowest BCUT2D eigenvalue weighted by Gasteiger charge is -2.07. The van der Waals surface area contributed by atoms with Gasteiger partial charge < -0.3 is 9.88 Å². The van der Waals surface area contributed by atoms with E-state index in [1.54, 1.807) is 17.7 Å². The predicted molar refractivity (Wildman–Crippen MR) is 72.7 cm³/mol. The number of aryl methyl sites for hydroxylation is 2. The molecule has 0 radical (unpaired) electrons. The van der Waals surface area contributed by atoms with Crippen molar-refractivity contribution >= 4 is 17.4 Å². The summed E-state index contributed by atoms with van der Waals surface area (Å²) in [5.74, 6) is 0.0841. The number of hydrogen-bond acceptors (Lipinski definition) is 4. The Morgan fingerprint density at radius 2 is 2.35 bits per heavy atom. The number of H-pyrrole nitrogens is 1. The summed E-state index contributed by atoms with van der Waals surface area (Å²) < 4.78 is 1.58. The third-order valence-corrected chi connectivity index (χ3v) is 2.86. The Kier molecular flexibility index (Phi) is 3.83. The highest BCUT2D eigenvalue weighted by atomic mass is 16.6. The van der Waals surface area contributed by atoms with Crippen LogP contribution in [0.1, 0.15) is 29.4 Å². The Morgan fingerprint density at radius 3 is 2.90 bits per heavy atom. The van der Waals surface area contributed by atoms with Crippen LogP contribution in [-0.2, 0) is 6.54 Å². The summed E-state index contributed by atoms with van der Waals surface area (Å²) in [6.07, 6.45) is 3.73. The molecule has 0 aliphatic carbocycles. The highest BCUT2D eigenvalue weighted by Gasteiger charge is 2.19. The van der Waals surface area contributed by atoms with Gasteiger partial charge in [-0.05, 0) is 13.3 Å². The van der Waals surface area contributed by atoms with Gasteiger partial charge in [-0.25, -0.2) is 0 Å². The monoisotopic (exact) mass is 277 g/mol. The van der Waals surface area contributed by atoms with E-state index >= 15 is 0 Å². The van der Waals surface area contributed by atoms with Gasteiger partial charge in [0.15, 0.2) is 0 Å². The van der Waals surface area contributed by atoms with Crippen LogP contribution in [0, 0.1) is 17.0 Å². The van der Waals surface area contributed by atoms with E-state index in [9.17, 15) is 14.9 Å². The van der Waals surface area contributed by atoms with Crippen LogP contribution in [0.25, 0.3) is 0 Å². The molecule has 0 saturated heterocycles. The fourth-order valence-corrected chi connectivity index (χ4v) is 1.86. The summed E-state index contributed by atoms with van der Waals surface area (Å²) in [5.41, 5.74) is 0.957. The second-order valence-electron chi connectivity index (χ2n) is 4.42. The Hall–Kier alpha value is -2.64. The van der Waals surface area contributed by atoms with Crippen LogP contribution in [0.5, 0.6) is 0 Å². The molecular weight excluding hydrogens is 262 g/mol. The first-order valence-electron chi connectivity index (χ1n) is 6.18. The number of amides is 1. The maximum atomic E-state index is 12.2. The number of nitrogens with one attached hydrogen (secondary N) is 2. The lowest BCUT2D eigenvalue weighted by atomic mass is 10.3. The van der Waals surface area contributed by atoms with Gasteiger partial charge in [0, 0.05) is 18.2 Å². The number of anilines is 1. The van der Waals surface area contributed by atoms with Crippen molar-refractivity contribution in [3.8, 4) is 0 Å². The van der Waals surface area contributed by atoms with Crippen LogP contribution < -0.4 is 5.32 Å². The van der Waals surface area contributed by atoms with E-state index in [2.05, 4.69) is 15.5 Å². The van der Waals surface area contributed by atoms with E-state index in [1.807, 2.05) is 6.92 Å². The zero-order valence-corrected chi connectivity index (χ0v) is 11.2. The van der Waals surface area contributed by atoms with E-state index in [-0.39, 0.29) is 11.4 Å². The van der Waals surface area contributed by atoms with E-state index in [1.165, 1.54) is 12.3 Å². The summed E-state index contributed by atoms with van der Waals surface area (Å²) >= 11 is 0. The van der Waals surface area contributed by atoms with Gasteiger partial charge >= 0.3 is 0 Å². The fourth-order valence-electron chi connectivity index (χ4n) is 1.86. The Balaban J connectivity index is 2.28. The van der Waals surface area contributed by atoms with Crippen molar-refractivity contribution in [2.24, 2.45) is 0 Å². The van der Waals surface area contributed by atoms with E-state index in [0.717, 1.165) is 12.0 Å². The first kappa shape index (κ1) is 13.8. The summed E-state index contributed by atoms with van der Waals surface area (Å²) in [7, 11) is 0. The molecule has 2 N–H and O–H groups in total. The van der Waals surface area contributed by atoms with Crippen molar-refractivity contribution in [3.63, 3.8) is 0 Å². The van der Waals surface area contributed by atoms with Crippen LogP contribution in [0.3, 0.4) is 0 Å². The molecule has 2 aromatic heterocycles. The molecule has 106 valence electrons. The molecule has 2 aromatic rings. The second kappa shape index (κ2) is 5.55. The number of nitrogens with zero attached hydrogens (tertiary/aromatic N) is 3. The van der Waals surface area contributed by atoms with Crippen LogP contribution in [0.2, 0.25) is 0 Å². The normalized spacial score (nSPS) is 10.5. The van der Waals surface area contributed by atoms with Gasteiger partial charge in [-0.1, -0.05) is 6.92 Å². The standard InChI is InChI=1S/C12H15N5O3/c1-3-4-16-7-9(17(19)20)5-10(16)12(18)14-11-8(2)6-13-15-11/h5-7H,3-4H2,1-2H3,(H2,13,14,15,18). The van der Waals surface area contributed by atoms with Gasteiger partial charge in [0.2, 0.25) is 0 Å². The summed E-state index contributed by atoms with van der Waals surface area (Å²) in [5, 5.41) is 19.9. The molecule has 0 aliphatic heterocycles. The molecule has 0 saturated carbocycles. The molecule has 0 atom stereocenters. The first-order chi connectivity index (χ1) is 9.52. The summed E-state index contributed by atoms with van der Waals surface area (Å²) in [6.45, 7) is 4.28. The molecule has 0 fully saturated rings. The second-order valence-corrected chi connectivity index (χ2v) is 4.42. The highest BCUT2D eigenvalue weighted by molar-refractivity contribution is 6.03. The number of carbonyl (C=O) groups excluding carboxylic acids is 1. The van der Waals surface area contributed by atoms with Crippen molar-refractivity contribution in [1.82, 2.24) is 14.8 Å². The van der Waals surface area contributed by atoms with Gasteiger partial charge in [-0.3, -0.25) is 20.0 Å². The summed E-state index contributed by atoms with van der Waals surface area (Å²) in [6, 6.07) is 1.27. The Morgan fingerprint density at radius 1 is 1.60 bits per heavy atom. The largest absolute Gasteiger partial charge is 0.337 e. The predicted octanol–water partition coefficient (Wildman–Crippen LogP) is 2.09. The number of aromatic amines is 1. The van der Waals surface area contributed by atoms with Crippen molar-refractivity contribution in [2.45, 2.75) is 26.8 Å². The third-order valence-electron chi connectivity index (χ3n) is 2.86. The van der Waals surface area contributed by atoms with Crippen molar-refractivity contribution in [1.29, 1.82) is 0 Å². The quantitative estimate of drug-likeness (QED) is 0.644. The van der Waals surface area contributed by atoms with Crippen LogP contribution >= 0.6 is 0 Å². The molecule has 0 unspecified atom stereocenters. The van der Waals surface area contributed by atoms with Gasteiger partial charge in [-0.15, -0.1) is 0 Å². The van der Waals surface area contributed by atoms with Crippen LogP contribution in [-0.4, -0.2) is 25.6 Å². The Labute approximate surface area is 114 Å². The maximum absolute atomic E-state index is 12.2. The fraction of sp³-hybridized carbons (Fsp3) is 0.333. The van der Waals surface area contributed by atoms with Crippen molar-refractivity contribution in [3.05, 3.63) is 39.8 Å². The molecule has 0 aliphatic rings. The zero-order chi connectivity index (χ0) is 14.7. The van der Waals surface area contributed by atoms with E-state index in [4.69, 9.17) is 0 Å². The molecule has 2 rings (SSSR count). The SMILES string of the molecule is CCCn1cc([N+](=O)[O-])cc1C(=O)Nc1[nH]ncc1C. The average Bonchev–Trinajstić information content (AvgIpc) is 2.97. The smallest absolute Gasteiger partial charge is 0.287 e. The first-order valence-corrected chi connectivity index (χ1v) is 6.18. The number of hydrogen-bond donors (Lipinski definition) is 2. The third kappa shape index (κ3) is 2.68. The van der Waals surface area contributed by atoms with Crippen molar-refractivity contribution in [2.75, 3.05) is 5.32 Å². The van der Waals surface area contributed by atoms with E-state index < -0.39 is 10.8 Å². The number of nitro groups is 1. The number of aromatic nitrogens is 3. The van der Waals surface area contributed by atoms with Crippen LogP contribution in [0.4, 0.5) is 11.5 Å². The average molecular weight is 277 g/mol. The minimum Gasteiger partial charge on any atom is -0.337 e. The van der Waals surface area contributed by atoms with E-state index in [0.29, 0.717) is 12.4 Å². The van der Waals surface area contributed by atoms with Gasteiger partial charge in [0.25, 0.3) is 11.6 Å². The topological polar surface area (TPSA) is 106 Å². The van der Waals surface area contributed by atoms with Gasteiger partial charge in [0.05, 0.1) is 17.3 Å². The molecule has 20 heavy (non-hydrogen) atoms. The molecular formula is C12H15N5O3. The highest BCUT2D eigenvalue weighted by Crippen LogP contribution is 2.19. The number of rotatable bonds is 5. The molecule has 2 heterocycles. The number of carbonyl (C=O) groups is 1. The lowest BCUT2D eigenvalue weighted by Crippen LogP contribution is -2.17. The molecule has 0 aromatic carbocycles. The van der Waals surface area contributed by atoms with Crippen molar-refractivity contribution < 1.29 is 9.72 Å². The molecule has 0 spiro atoms. The maximum Gasteiger partial charge on any atom is 0.287 e. The summed E-state index contributed by atoms with van der Waals surface area (Å²) in [4.78, 5) is 22.5. The minimum absolute atomic E-state index is 0.0927. The molecule has 8 nitrogen and oxygen atoms in total. The Bertz CT molecular complexity index is 643. The van der Waals surface area contributed by atoms with Gasteiger partial charge in [-0.2, -0.15) is 5.10 Å².